The Labute approximate surface area is 80.8 Å². The Kier molecular flexibility index (Phi) is 1.85. The smallest absolute Gasteiger partial charge is 0.267 e. The second kappa shape index (κ2) is 3.02. The fourth-order valence-electron chi connectivity index (χ4n) is 1.40. The van der Waals surface area contributed by atoms with Crippen LogP contribution in [-0.2, 0) is 0 Å². The molecule has 1 aromatic heterocycles. The number of nitrogen functional groups attached to an aromatic ring is 1. The zero-order chi connectivity index (χ0) is 10.1. The van der Waals surface area contributed by atoms with Crippen LogP contribution < -0.4 is 15.8 Å². The molecule has 3 N–H and O–H groups in total. The molecular weight excluding hydrogens is 180 g/mol. The third-order valence-electron chi connectivity index (χ3n) is 2.08. The SMILES string of the molecule is CNc1ccc(N)c2c1ncc[n+]2[O-]. The average molecular weight is 190 g/mol. The number of nitrogens with one attached hydrogen (secondary N) is 1. The first-order chi connectivity index (χ1) is 6.74. The van der Waals surface area contributed by atoms with E-state index in [2.05, 4.69) is 10.3 Å². The van der Waals surface area contributed by atoms with Gasteiger partial charge in [-0.25, -0.2) is 4.98 Å². The molecule has 0 aliphatic rings. The fourth-order valence-corrected chi connectivity index (χ4v) is 1.40. The predicted molar refractivity (Wildman–Crippen MR) is 54.7 cm³/mol. The summed E-state index contributed by atoms with van der Waals surface area (Å²) in [7, 11) is 1.77. The Balaban J connectivity index is 2.91. The topological polar surface area (TPSA) is 77.9 Å². The highest BCUT2D eigenvalue weighted by Crippen LogP contribution is 2.22. The van der Waals surface area contributed by atoms with Crippen molar-refractivity contribution in [2.45, 2.75) is 0 Å². The molecule has 0 bridgehead atoms. The molecule has 0 unspecified atom stereocenters. The van der Waals surface area contributed by atoms with Gasteiger partial charge in [0.15, 0.2) is 11.7 Å². The molecule has 0 saturated heterocycles. The summed E-state index contributed by atoms with van der Waals surface area (Å²) in [6.07, 6.45) is 2.79. The highest BCUT2D eigenvalue weighted by molar-refractivity contribution is 5.93. The molecule has 5 nitrogen and oxygen atoms in total. The number of hydrogen-bond acceptors (Lipinski definition) is 4. The average Bonchev–Trinajstić information content (AvgIpc) is 2.18. The van der Waals surface area contributed by atoms with Gasteiger partial charge in [-0.3, -0.25) is 0 Å². The van der Waals surface area contributed by atoms with Gasteiger partial charge in [0.05, 0.1) is 11.9 Å². The van der Waals surface area contributed by atoms with E-state index < -0.39 is 0 Å². The fraction of sp³-hybridized carbons (Fsp3) is 0.111. The van der Waals surface area contributed by atoms with Gasteiger partial charge in [-0.05, 0) is 12.1 Å². The lowest BCUT2D eigenvalue weighted by atomic mass is 10.2. The van der Waals surface area contributed by atoms with Crippen LogP contribution in [0.4, 0.5) is 11.4 Å². The van der Waals surface area contributed by atoms with Crippen molar-refractivity contribution in [3.8, 4) is 0 Å². The van der Waals surface area contributed by atoms with Gasteiger partial charge in [-0.2, -0.15) is 4.73 Å². The number of nitrogens with zero attached hydrogens (tertiary/aromatic N) is 2. The van der Waals surface area contributed by atoms with Crippen LogP contribution in [0.15, 0.2) is 24.5 Å². The molecule has 1 heterocycles. The molecule has 0 fully saturated rings. The molecule has 0 atom stereocenters. The second-order valence-electron chi connectivity index (χ2n) is 2.90. The number of anilines is 2. The number of rotatable bonds is 1. The molecule has 0 spiro atoms. The minimum Gasteiger partial charge on any atom is -0.618 e. The van der Waals surface area contributed by atoms with Gasteiger partial charge in [0.1, 0.15) is 5.69 Å². The van der Waals surface area contributed by atoms with Gasteiger partial charge in [0, 0.05) is 7.05 Å². The van der Waals surface area contributed by atoms with Crippen LogP contribution in [0.2, 0.25) is 0 Å². The van der Waals surface area contributed by atoms with Crippen LogP contribution in [0.1, 0.15) is 0 Å². The largest absolute Gasteiger partial charge is 0.618 e. The lowest BCUT2D eigenvalue weighted by Crippen LogP contribution is -2.27. The van der Waals surface area contributed by atoms with Gasteiger partial charge < -0.3 is 16.3 Å². The first-order valence-electron chi connectivity index (χ1n) is 4.18. The van der Waals surface area contributed by atoms with Crippen LogP contribution in [0, 0.1) is 5.21 Å². The van der Waals surface area contributed by atoms with Crippen molar-refractivity contribution in [1.29, 1.82) is 0 Å². The summed E-state index contributed by atoms with van der Waals surface area (Å²) in [5, 5.41) is 14.4. The summed E-state index contributed by atoms with van der Waals surface area (Å²) in [6, 6.07) is 3.48. The van der Waals surface area contributed by atoms with Crippen molar-refractivity contribution < 1.29 is 4.73 Å². The van der Waals surface area contributed by atoms with E-state index in [1.165, 1.54) is 12.4 Å². The Bertz CT molecular complexity index is 475. The van der Waals surface area contributed by atoms with Gasteiger partial charge in [-0.15, -0.1) is 0 Å². The van der Waals surface area contributed by atoms with Crippen molar-refractivity contribution in [1.82, 2.24) is 4.98 Å². The molecule has 2 aromatic rings. The van der Waals surface area contributed by atoms with Gasteiger partial charge >= 0.3 is 0 Å². The number of benzene rings is 1. The lowest BCUT2D eigenvalue weighted by molar-refractivity contribution is -0.576. The zero-order valence-electron chi connectivity index (χ0n) is 7.69. The molecule has 5 heteroatoms. The van der Waals surface area contributed by atoms with E-state index in [0.29, 0.717) is 16.7 Å². The summed E-state index contributed by atoms with van der Waals surface area (Å²) in [5.41, 5.74) is 7.91. The molecule has 2 rings (SSSR count). The van der Waals surface area contributed by atoms with Gasteiger partial charge in [-0.1, -0.05) is 0 Å². The highest BCUT2D eigenvalue weighted by atomic mass is 16.5. The Morgan fingerprint density at radius 1 is 1.50 bits per heavy atom. The minimum atomic E-state index is 0.402. The van der Waals surface area contributed by atoms with E-state index in [4.69, 9.17) is 5.73 Å². The van der Waals surface area contributed by atoms with E-state index in [1.807, 2.05) is 0 Å². The van der Waals surface area contributed by atoms with Crippen molar-refractivity contribution in [3.63, 3.8) is 0 Å². The summed E-state index contributed by atoms with van der Waals surface area (Å²) in [5.74, 6) is 0. The van der Waals surface area contributed by atoms with Crippen molar-refractivity contribution in [3.05, 3.63) is 29.7 Å². The first-order valence-corrected chi connectivity index (χ1v) is 4.18. The first kappa shape index (κ1) is 8.55. The van der Waals surface area contributed by atoms with E-state index in [0.717, 1.165) is 10.4 Å². The van der Waals surface area contributed by atoms with Crippen LogP contribution >= 0.6 is 0 Å². The number of aromatic nitrogens is 2. The third-order valence-corrected chi connectivity index (χ3v) is 2.08. The monoisotopic (exact) mass is 190 g/mol. The number of fused-ring (bicyclic) bond motifs is 1. The van der Waals surface area contributed by atoms with Gasteiger partial charge in [0.25, 0.3) is 5.52 Å². The van der Waals surface area contributed by atoms with Crippen LogP contribution in [0.5, 0.6) is 0 Å². The quantitative estimate of drug-likeness (QED) is 0.390. The van der Waals surface area contributed by atoms with E-state index in [1.54, 1.807) is 19.2 Å². The summed E-state index contributed by atoms with van der Waals surface area (Å²) in [4.78, 5) is 4.11. The predicted octanol–water partition coefficient (Wildman–Crippen LogP) is 0.492. The van der Waals surface area contributed by atoms with Crippen molar-refractivity contribution >= 4 is 22.4 Å². The summed E-state index contributed by atoms with van der Waals surface area (Å²) in [6.45, 7) is 0. The number of hydrogen-bond donors (Lipinski definition) is 2. The third kappa shape index (κ3) is 1.10. The minimum absolute atomic E-state index is 0.402. The van der Waals surface area contributed by atoms with Crippen LogP contribution in [0.25, 0.3) is 11.0 Å². The van der Waals surface area contributed by atoms with E-state index >= 15 is 0 Å². The van der Waals surface area contributed by atoms with Crippen molar-refractivity contribution in [2.75, 3.05) is 18.1 Å². The summed E-state index contributed by atoms with van der Waals surface area (Å²) >= 11 is 0. The standard InChI is InChI=1S/C9H10N4O/c1-11-7-3-2-6(10)9-8(7)12-4-5-13(9)14/h2-5,11H,10H2,1H3. The zero-order valence-corrected chi connectivity index (χ0v) is 7.69. The maximum Gasteiger partial charge on any atom is 0.267 e. The maximum atomic E-state index is 11.4. The number of nitrogens with two attached hydrogens (primary N) is 1. The highest BCUT2D eigenvalue weighted by Gasteiger charge is 2.11. The van der Waals surface area contributed by atoms with Crippen LogP contribution in [-0.4, -0.2) is 12.0 Å². The molecule has 14 heavy (non-hydrogen) atoms. The Morgan fingerprint density at radius 2 is 2.29 bits per heavy atom. The molecule has 0 aliphatic carbocycles. The Hall–Kier alpha value is -2.04. The molecule has 72 valence electrons. The van der Waals surface area contributed by atoms with Crippen LogP contribution in [0.3, 0.4) is 0 Å². The second-order valence-corrected chi connectivity index (χ2v) is 2.90. The molecular formula is C9H10N4O. The molecule has 0 aliphatic heterocycles. The van der Waals surface area contributed by atoms with Crippen molar-refractivity contribution in [2.24, 2.45) is 0 Å². The lowest BCUT2D eigenvalue weighted by Gasteiger charge is -2.06. The maximum absolute atomic E-state index is 11.4. The molecule has 1 aromatic carbocycles. The normalized spacial score (nSPS) is 10.4. The van der Waals surface area contributed by atoms with Gasteiger partial charge in [0.2, 0.25) is 0 Å². The Morgan fingerprint density at radius 3 is 3.00 bits per heavy atom. The van der Waals surface area contributed by atoms with E-state index in [-0.39, 0.29) is 0 Å². The summed E-state index contributed by atoms with van der Waals surface area (Å²) < 4.78 is 0.721. The molecule has 0 amide bonds. The van der Waals surface area contributed by atoms with E-state index in [9.17, 15) is 5.21 Å². The molecule has 0 saturated carbocycles. The molecule has 0 radical (unpaired) electrons.